The number of hydrogen-bond acceptors (Lipinski definition) is 8. The Balaban J connectivity index is 2.14. The van der Waals surface area contributed by atoms with Crippen LogP contribution in [0.3, 0.4) is 0 Å². The summed E-state index contributed by atoms with van der Waals surface area (Å²) in [6, 6.07) is 3.55. The van der Waals surface area contributed by atoms with E-state index in [4.69, 9.17) is 0 Å². The van der Waals surface area contributed by atoms with E-state index in [0.717, 1.165) is 12.1 Å². The van der Waals surface area contributed by atoms with Crippen LogP contribution >= 0.6 is 0 Å². The van der Waals surface area contributed by atoms with Gasteiger partial charge < -0.3 is 5.11 Å². The van der Waals surface area contributed by atoms with Gasteiger partial charge >= 0.3 is 0 Å². The molecule has 0 amide bonds. The largest absolute Gasteiger partial charge is 0.868 e. The first-order chi connectivity index (χ1) is 9.97. The minimum absolute atomic E-state index is 0.0248. The molecule has 0 fully saturated rings. The third kappa shape index (κ3) is 3.37. The lowest BCUT2D eigenvalue weighted by Crippen LogP contribution is -2.15. The fraction of sp³-hybridized carbons (Fsp3) is 0.0909. The molecule has 0 unspecified atom stereocenters. The van der Waals surface area contributed by atoms with Crippen LogP contribution in [0.1, 0.15) is 11.3 Å². The van der Waals surface area contributed by atoms with Crippen molar-refractivity contribution in [3.8, 4) is 5.75 Å². The van der Waals surface area contributed by atoms with Crippen molar-refractivity contribution in [3.63, 3.8) is 0 Å². The molecule has 1 aromatic heterocycles. The summed E-state index contributed by atoms with van der Waals surface area (Å²) in [7, 11) is 0. The molecule has 0 spiro atoms. The van der Waals surface area contributed by atoms with Crippen molar-refractivity contribution in [1.82, 2.24) is 15.2 Å². The number of hydrazone groups is 1. The molecule has 0 aliphatic carbocycles. The fourth-order valence-electron chi connectivity index (χ4n) is 1.37. The molecule has 21 heavy (non-hydrogen) atoms. The average molecular weight is 289 g/mol. The van der Waals surface area contributed by atoms with Gasteiger partial charge in [-0.1, -0.05) is 12.1 Å². The van der Waals surface area contributed by atoms with Crippen LogP contribution in [0.4, 0.5) is 11.6 Å². The maximum absolute atomic E-state index is 11.3. The van der Waals surface area contributed by atoms with Crippen LogP contribution in [0.5, 0.6) is 5.75 Å². The number of rotatable bonds is 4. The van der Waals surface area contributed by atoms with Crippen molar-refractivity contribution in [1.29, 1.82) is 0 Å². The molecule has 1 heterocycles. The first kappa shape index (κ1) is 14.1. The fourth-order valence-corrected chi connectivity index (χ4v) is 1.37. The van der Waals surface area contributed by atoms with E-state index in [-0.39, 0.29) is 11.6 Å². The number of hydrogen-bond donors (Lipinski definition) is 2. The van der Waals surface area contributed by atoms with E-state index in [9.17, 15) is 20.0 Å². The van der Waals surface area contributed by atoms with E-state index in [1.165, 1.54) is 19.2 Å². The maximum Gasteiger partial charge on any atom is 0.274 e. The Kier molecular flexibility index (Phi) is 3.88. The molecule has 10 heteroatoms. The summed E-state index contributed by atoms with van der Waals surface area (Å²) < 4.78 is 0. The highest BCUT2D eigenvalue weighted by Crippen LogP contribution is 2.22. The zero-order valence-corrected chi connectivity index (χ0v) is 10.7. The normalized spacial score (nSPS) is 10.7. The summed E-state index contributed by atoms with van der Waals surface area (Å²) in [6.07, 6.45) is 1.24. The third-order valence-electron chi connectivity index (χ3n) is 2.42. The van der Waals surface area contributed by atoms with Gasteiger partial charge in [0.15, 0.2) is 0 Å². The first-order valence-corrected chi connectivity index (χ1v) is 5.65. The molecule has 2 N–H and O–H groups in total. The Morgan fingerprint density at radius 1 is 1.43 bits per heavy atom. The summed E-state index contributed by atoms with van der Waals surface area (Å²) in [5, 5.41) is 32.8. The molecular formula is C11H9N6O4-. The molecule has 10 nitrogen and oxygen atoms in total. The van der Waals surface area contributed by atoms with E-state index in [1.54, 1.807) is 0 Å². The number of nitro groups is 1. The lowest BCUT2D eigenvalue weighted by molar-refractivity contribution is -0.398. The van der Waals surface area contributed by atoms with Gasteiger partial charge in [0.1, 0.15) is 5.69 Å². The molecule has 0 aliphatic rings. The molecule has 108 valence electrons. The summed E-state index contributed by atoms with van der Waals surface area (Å²) >= 11 is 0. The van der Waals surface area contributed by atoms with Crippen molar-refractivity contribution in [2.24, 2.45) is 5.10 Å². The Morgan fingerprint density at radius 3 is 2.86 bits per heavy atom. The van der Waals surface area contributed by atoms with Crippen LogP contribution in [0.2, 0.25) is 0 Å². The second-order valence-corrected chi connectivity index (χ2v) is 3.94. The minimum Gasteiger partial charge on any atom is -0.868 e. The predicted octanol–water partition coefficient (Wildman–Crippen LogP) is -0.0989. The number of nitrogens with zero attached hydrogens (tertiary/aromatic N) is 4. The number of nitro benzene ring substituents is 1. The standard InChI is InChI=1S/C11H10N6O4/c1-6-10(19)13-11(16-14-6)15-12-5-7-2-3-9(18)8(4-7)17(20)21/h2-5,18H,1H3,(H2,13,15,16,19)/p-1/b12-5+. The van der Waals surface area contributed by atoms with E-state index < -0.39 is 21.9 Å². The van der Waals surface area contributed by atoms with E-state index in [0.29, 0.717) is 5.56 Å². The Labute approximate surface area is 117 Å². The zero-order valence-electron chi connectivity index (χ0n) is 10.7. The third-order valence-corrected chi connectivity index (χ3v) is 2.42. The lowest BCUT2D eigenvalue weighted by Gasteiger charge is -2.05. The smallest absolute Gasteiger partial charge is 0.274 e. The van der Waals surface area contributed by atoms with Crippen LogP contribution in [0.15, 0.2) is 28.1 Å². The van der Waals surface area contributed by atoms with Gasteiger partial charge in [-0.2, -0.15) is 5.10 Å². The predicted molar refractivity (Wildman–Crippen MR) is 71.1 cm³/mol. The highest BCUT2D eigenvalue weighted by atomic mass is 16.6. The van der Waals surface area contributed by atoms with Crippen molar-refractivity contribution in [3.05, 3.63) is 49.9 Å². The van der Waals surface area contributed by atoms with Crippen molar-refractivity contribution < 1.29 is 10.0 Å². The monoisotopic (exact) mass is 289 g/mol. The van der Waals surface area contributed by atoms with Crippen LogP contribution in [0, 0.1) is 17.0 Å². The molecule has 2 rings (SSSR count). The van der Waals surface area contributed by atoms with Gasteiger partial charge in [0.25, 0.3) is 11.2 Å². The Hall–Kier alpha value is -3.30. The van der Waals surface area contributed by atoms with Gasteiger partial charge in [-0.05, 0) is 12.7 Å². The van der Waals surface area contributed by atoms with Gasteiger partial charge in [-0.15, -0.1) is 10.2 Å². The number of H-pyrrole nitrogens is 1. The second kappa shape index (κ2) is 5.77. The molecule has 0 saturated carbocycles. The lowest BCUT2D eigenvalue weighted by atomic mass is 10.2. The highest BCUT2D eigenvalue weighted by molar-refractivity contribution is 5.81. The molecule has 0 bridgehead atoms. The first-order valence-electron chi connectivity index (χ1n) is 5.65. The topological polar surface area (TPSA) is 149 Å². The summed E-state index contributed by atoms with van der Waals surface area (Å²) in [6.45, 7) is 1.50. The molecule has 0 radical (unpaired) electrons. The van der Waals surface area contributed by atoms with Crippen LogP contribution in [0.25, 0.3) is 0 Å². The van der Waals surface area contributed by atoms with Gasteiger partial charge in [-0.3, -0.25) is 19.9 Å². The second-order valence-electron chi connectivity index (χ2n) is 3.94. The number of aryl methyl sites for hydroxylation is 1. The number of benzene rings is 1. The van der Waals surface area contributed by atoms with E-state index in [2.05, 4.69) is 25.7 Å². The minimum atomic E-state index is -0.768. The highest BCUT2D eigenvalue weighted by Gasteiger charge is 2.06. The van der Waals surface area contributed by atoms with Crippen molar-refractivity contribution in [2.75, 3.05) is 5.43 Å². The van der Waals surface area contributed by atoms with Crippen molar-refractivity contribution >= 4 is 17.9 Å². The number of anilines is 1. The van der Waals surface area contributed by atoms with Gasteiger partial charge in [0.05, 0.1) is 11.1 Å². The summed E-state index contributed by atoms with van der Waals surface area (Å²) in [5.41, 5.74) is 2.03. The van der Waals surface area contributed by atoms with Gasteiger partial charge in [0.2, 0.25) is 5.95 Å². The molecular weight excluding hydrogens is 280 g/mol. The average Bonchev–Trinajstić information content (AvgIpc) is 2.44. The van der Waals surface area contributed by atoms with E-state index in [1.807, 2.05) is 0 Å². The summed E-state index contributed by atoms with van der Waals surface area (Å²) in [4.78, 5) is 23.5. The molecule has 1 aromatic carbocycles. The zero-order chi connectivity index (χ0) is 15.4. The van der Waals surface area contributed by atoms with Gasteiger partial charge in [0, 0.05) is 11.6 Å². The van der Waals surface area contributed by atoms with Crippen LogP contribution < -0.4 is 16.1 Å². The maximum atomic E-state index is 11.3. The van der Waals surface area contributed by atoms with Crippen LogP contribution in [-0.2, 0) is 0 Å². The SMILES string of the molecule is Cc1nnc(N/N=C/c2ccc([O-])c([N+](=O)[O-])c2)[nH]c1=O. The quantitative estimate of drug-likeness (QED) is 0.453. The molecule has 0 saturated heterocycles. The Bertz CT molecular complexity index is 770. The van der Waals surface area contributed by atoms with E-state index >= 15 is 0 Å². The molecule has 2 aromatic rings. The summed E-state index contributed by atoms with van der Waals surface area (Å²) in [5.74, 6) is -0.657. The molecule has 0 aliphatic heterocycles. The van der Waals surface area contributed by atoms with Crippen LogP contribution in [-0.4, -0.2) is 26.3 Å². The molecule has 0 atom stereocenters. The Morgan fingerprint density at radius 2 is 2.19 bits per heavy atom. The van der Waals surface area contributed by atoms with Gasteiger partial charge in [-0.25, -0.2) is 5.43 Å². The van der Waals surface area contributed by atoms with Crippen molar-refractivity contribution in [2.45, 2.75) is 6.92 Å². The number of aromatic nitrogens is 3. The number of nitrogens with one attached hydrogen (secondary N) is 2. The number of aromatic amines is 1.